The molecule has 1 heterocycles. The van der Waals surface area contributed by atoms with Gasteiger partial charge in [0.25, 0.3) is 6.43 Å². The molecule has 1 amide bonds. The summed E-state index contributed by atoms with van der Waals surface area (Å²) in [5.41, 5.74) is 0. The highest BCUT2D eigenvalue weighted by Gasteiger charge is 2.41. The van der Waals surface area contributed by atoms with Crippen LogP contribution in [0.3, 0.4) is 0 Å². The third-order valence-electron chi connectivity index (χ3n) is 3.06. The van der Waals surface area contributed by atoms with E-state index in [4.69, 9.17) is 5.11 Å². The predicted octanol–water partition coefficient (Wildman–Crippen LogP) is 0.506. The molecule has 1 N–H and O–H groups in total. The Morgan fingerprint density at radius 1 is 1.42 bits per heavy atom. The number of methoxy groups -OCH3 is 1. The Hall–Kier alpha value is -1.73. The van der Waals surface area contributed by atoms with Gasteiger partial charge in [0.05, 0.1) is 13.5 Å². The first-order valence-electron chi connectivity index (χ1n) is 5.76. The van der Waals surface area contributed by atoms with Crippen LogP contribution in [0.2, 0.25) is 0 Å². The molecule has 1 rings (SSSR count). The molecule has 1 unspecified atom stereocenters. The van der Waals surface area contributed by atoms with Gasteiger partial charge in [-0.05, 0) is 12.8 Å². The van der Waals surface area contributed by atoms with Crippen molar-refractivity contribution in [1.29, 1.82) is 0 Å². The third kappa shape index (κ3) is 3.62. The maximum atomic E-state index is 12.8. The zero-order valence-electron chi connectivity index (χ0n) is 10.3. The smallest absolute Gasteiger partial charge is 0.326 e. The van der Waals surface area contributed by atoms with Crippen LogP contribution in [-0.2, 0) is 19.1 Å². The fraction of sp³-hybridized carbons (Fsp3) is 0.727. The molecule has 1 saturated heterocycles. The number of carboxylic acid groups (broad SMARTS) is 1. The van der Waals surface area contributed by atoms with Gasteiger partial charge in [-0.3, -0.25) is 9.59 Å². The highest BCUT2D eigenvalue weighted by molar-refractivity contribution is 5.88. The third-order valence-corrected chi connectivity index (χ3v) is 3.06. The second-order valence-corrected chi connectivity index (χ2v) is 4.25. The SMILES string of the molecule is COC(=O)CC(C(=O)N1CCC[C@H]1C(=O)O)C(F)F. The first kappa shape index (κ1) is 15.3. The zero-order chi connectivity index (χ0) is 14.6. The Morgan fingerprint density at radius 2 is 2.05 bits per heavy atom. The number of carboxylic acids is 1. The molecule has 1 fully saturated rings. The molecule has 0 aromatic heterocycles. The predicted molar refractivity (Wildman–Crippen MR) is 58.5 cm³/mol. The van der Waals surface area contributed by atoms with Gasteiger partial charge in [0.1, 0.15) is 12.0 Å². The lowest BCUT2D eigenvalue weighted by Crippen LogP contribution is -2.45. The van der Waals surface area contributed by atoms with Gasteiger partial charge in [-0.25, -0.2) is 13.6 Å². The van der Waals surface area contributed by atoms with E-state index in [2.05, 4.69) is 4.74 Å². The number of hydrogen-bond acceptors (Lipinski definition) is 4. The van der Waals surface area contributed by atoms with Crippen molar-refractivity contribution < 1.29 is 33.0 Å². The summed E-state index contributed by atoms with van der Waals surface area (Å²) in [4.78, 5) is 34.8. The van der Waals surface area contributed by atoms with Crippen LogP contribution in [-0.4, -0.2) is 54.0 Å². The van der Waals surface area contributed by atoms with Crippen molar-refractivity contribution in [3.8, 4) is 0 Å². The molecule has 0 spiro atoms. The summed E-state index contributed by atoms with van der Waals surface area (Å²) in [7, 11) is 1.03. The molecule has 0 saturated carbocycles. The molecule has 0 radical (unpaired) electrons. The van der Waals surface area contributed by atoms with Gasteiger partial charge in [-0.15, -0.1) is 0 Å². The van der Waals surface area contributed by atoms with E-state index in [1.54, 1.807) is 0 Å². The van der Waals surface area contributed by atoms with Gasteiger partial charge in [0.15, 0.2) is 0 Å². The summed E-state index contributed by atoms with van der Waals surface area (Å²) in [5, 5.41) is 8.91. The topological polar surface area (TPSA) is 83.9 Å². The van der Waals surface area contributed by atoms with E-state index in [1.807, 2.05) is 0 Å². The molecule has 0 aliphatic carbocycles. The van der Waals surface area contributed by atoms with Gasteiger partial charge in [0.2, 0.25) is 5.91 Å². The quantitative estimate of drug-likeness (QED) is 0.741. The summed E-state index contributed by atoms with van der Waals surface area (Å²) in [6.07, 6.45) is -3.12. The summed E-state index contributed by atoms with van der Waals surface area (Å²) < 4.78 is 29.9. The molecule has 1 aliphatic heterocycles. The molecular weight excluding hydrogens is 264 g/mol. The van der Waals surface area contributed by atoms with Crippen LogP contribution in [0.25, 0.3) is 0 Å². The maximum absolute atomic E-state index is 12.8. The highest BCUT2D eigenvalue weighted by atomic mass is 19.3. The number of carbonyl (C=O) groups excluding carboxylic acids is 2. The van der Waals surface area contributed by atoms with Crippen LogP contribution in [0.1, 0.15) is 19.3 Å². The van der Waals surface area contributed by atoms with Crippen molar-refractivity contribution in [3.05, 3.63) is 0 Å². The lowest BCUT2D eigenvalue weighted by molar-refractivity contribution is -0.156. The Morgan fingerprint density at radius 3 is 2.53 bits per heavy atom. The number of halogens is 2. The molecule has 0 aromatic carbocycles. The summed E-state index contributed by atoms with van der Waals surface area (Å²) in [5.74, 6) is -5.01. The van der Waals surface area contributed by atoms with Crippen molar-refractivity contribution in [2.75, 3.05) is 13.7 Å². The number of nitrogens with zero attached hydrogens (tertiary/aromatic N) is 1. The molecule has 108 valence electrons. The number of alkyl halides is 2. The Balaban J connectivity index is 2.81. The number of likely N-dealkylation sites (tertiary alicyclic amines) is 1. The molecule has 0 bridgehead atoms. The van der Waals surface area contributed by atoms with Crippen LogP contribution >= 0.6 is 0 Å². The van der Waals surface area contributed by atoms with Crippen molar-refractivity contribution in [2.45, 2.75) is 31.7 Å². The van der Waals surface area contributed by atoms with E-state index in [0.717, 1.165) is 12.0 Å². The van der Waals surface area contributed by atoms with E-state index < -0.39 is 42.7 Å². The van der Waals surface area contributed by atoms with E-state index in [-0.39, 0.29) is 13.0 Å². The summed E-state index contributed by atoms with van der Waals surface area (Å²) in [6, 6.07) is -1.09. The fourth-order valence-electron chi connectivity index (χ4n) is 2.05. The number of rotatable bonds is 5. The highest BCUT2D eigenvalue weighted by Crippen LogP contribution is 2.24. The second kappa shape index (κ2) is 6.44. The van der Waals surface area contributed by atoms with E-state index in [1.165, 1.54) is 0 Å². The number of amides is 1. The normalized spacial score (nSPS) is 20.4. The van der Waals surface area contributed by atoms with Crippen LogP contribution in [0.4, 0.5) is 8.78 Å². The fourth-order valence-corrected chi connectivity index (χ4v) is 2.05. The second-order valence-electron chi connectivity index (χ2n) is 4.25. The lowest BCUT2D eigenvalue weighted by atomic mass is 10.0. The molecular formula is C11H15F2NO5. The van der Waals surface area contributed by atoms with Crippen LogP contribution in [0.15, 0.2) is 0 Å². The van der Waals surface area contributed by atoms with E-state index in [9.17, 15) is 23.2 Å². The minimum atomic E-state index is -3.04. The molecule has 2 atom stereocenters. The average molecular weight is 279 g/mol. The van der Waals surface area contributed by atoms with Gasteiger partial charge in [-0.2, -0.15) is 0 Å². The molecule has 0 aromatic rings. The minimum absolute atomic E-state index is 0.111. The number of carbonyl (C=O) groups is 3. The average Bonchev–Trinajstić information content (AvgIpc) is 2.83. The van der Waals surface area contributed by atoms with E-state index >= 15 is 0 Å². The lowest BCUT2D eigenvalue weighted by Gasteiger charge is -2.25. The Labute approximate surface area is 108 Å². The molecule has 8 heteroatoms. The first-order chi connectivity index (χ1) is 8.88. The van der Waals surface area contributed by atoms with Crippen LogP contribution in [0.5, 0.6) is 0 Å². The zero-order valence-corrected chi connectivity index (χ0v) is 10.3. The van der Waals surface area contributed by atoms with Crippen LogP contribution < -0.4 is 0 Å². The molecule has 19 heavy (non-hydrogen) atoms. The van der Waals surface area contributed by atoms with Crippen molar-refractivity contribution in [2.24, 2.45) is 5.92 Å². The monoisotopic (exact) mass is 279 g/mol. The molecule has 1 aliphatic rings. The Bertz CT molecular complexity index is 374. The Kier molecular flexibility index (Phi) is 5.20. The first-order valence-corrected chi connectivity index (χ1v) is 5.76. The molecule has 6 nitrogen and oxygen atoms in total. The minimum Gasteiger partial charge on any atom is -0.480 e. The number of esters is 1. The van der Waals surface area contributed by atoms with Crippen LogP contribution in [0, 0.1) is 5.92 Å². The number of hydrogen-bond donors (Lipinski definition) is 1. The number of aliphatic carboxylic acids is 1. The largest absolute Gasteiger partial charge is 0.480 e. The van der Waals surface area contributed by atoms with Crippen molar-refractivity contribution in [3.63, 3.8) is 0 Å². The van der Waals surface area contributed by atoms with Crippen molar-refractivity contribution in [1.82, 2.24) is 4.90 Å². The van der Waals surface area contributed by atoms with E-state index in [0.29, 0.717) is 6.42 Å². The van der Waals surface area contributed by atoms with Gasteiger partial charge < -0.3 is 14.7 Å². The standard InChI is InChI=1S/C11H15F2NO5/c1-19-8(15)5-6(9(12)13)10(16)14-4-2-3-7(14)11(17)18/h6-7,9H,2-5H2,1H3,(H,17,18)/t6?,7-/m0/s1. The van der Waals surface area contributed by atoms with Crippen molar-refractivity contribution >= 4 is 17.8 Å². The van der Waals surface area contributed by atoms with Gasteiger partial charge in [0, 0.05) is 6.54 Å². The number of ether oxygens (including phenoxy) is 1. The van der Waals surface area contributed by atoms with Gasteiger partial charge in [-0.1, -0.05) is 0 Å². The van der Waals surface area contributed by atoms with Gasteiger partial charge >= 0.3 is 11.9 Å². The summed E-state index contributed by atoms with van der Waals surface area (Å²) >= 11 is 0. The summed E-state index contributed by atoms with van der Waals surface area (Å²) in [6.45, 7) is 0.111. The maximum Gasteiger partial charge on any atom is 0.326 e.